The van der Waals surface area contributed by atoms with E-state index in [0.717, 1.165) is 41.2 Å². The Morgan fingerprint density at radius 1 is 0.742 bits per heavy atom. The first-order valence-electron chi connectivity index (χ1n) is 12.7. The van der Waals surface area contributed by atoms with Gasteiger partial charge in [0.05, 0.1) is 5.02 Å². The maximum absolute atomic E-state index is 13.7. The highest BCUT2D eigenvalue weighted by atomic mass is 35.5. The van der Waals surface area contributed by atoms with Gasteiger partial charge in [-0.1, -0.05) is 87.4 Å². The zero-order chi connectivity index (χ0) is 21.6. The second-order valence-corrected chi connectivity index (χ2v) is 10.6. The average molecular weight is 441 g/mol. The molecule has 0 spiro atoms. The molecule has 2 aromatic rings. The maximum Gasteiger partial charge on any atom is 0.142 e. The fourth-order valence-electron chi connectivity index (χ4n) is 6.22. The van der Waals surface area contributed by atoms with Crippen molar-refractivity contribution in [3.05, 3.63) is 58.9 Å². The van der Waals surface area contributed by atoms with E-state index >= 15 is 0 Å². The van der Waals surface area contributed by atoms with Crippen molar-refractivity contribution < 1.29 is 4.39 Å². The molecule has 168 valence electrons. The van der Waals surface area contributed by atoms with Crippen LogP contribution < -0.4 is 0 Å². The summed E-state index contributed by atoms with van der Waals surface area (Å²) in [5, 5.41) is 0.180. The van der Waals surface area contributed by atoms with Gasteiger partial charge in [-0.05, 0) is 91.0 Å². The zero-order valence-corrected chi connectivity index (χ0v) is 19.8. The highest BCUT2D eigenvalue weighted by Gasteiger charge is 2.30. The number of hydrogen-bond acceptors (Lipinski definition) is 0. The Kier molecular flexibility index (Phi) is 8.10. The minimum atomic E-state index is -0.354. The van der Waals surface area contributed by atoms with Crippen LogP contribution in [0.3, 0.4) is 0 Å². The standard InChI is InChI=1S/C29H38ClF/c1-2-3-21-6-12-24(13-7-21)25-14-8-22(9-15-25)4-5-23-10-16-26(17-11-23)27-18-19-28(30)29(31)20-27/h10-11,16-22,24-25H,2-9,12-15H2,1H3/t21-,22?,24-,25?. The lowest BCUT2D eigenvalue weighted by Crippen LogP contribution is -2.26. The molecular formula is C29H38ClF. The third-order valence-electron chi connectivity index (χ3n) is 8.19. The molecule has 4 rings (SSSR count). The number of aryl methyl sites for hydroxylation is 1. The van der Waals surface area contributed by atoms with Gasteiger partial charge in [0.2, 0.25) is 0 Å². The van der Waals surface area contributed by atoms with Gasteiger partial charge >= 0.3 is 0 Å². The summed E-state index contributed by atoms with van der Waals surface area (Å²) in [4.78, 5) is 0. The molecule has 2 saturated carbocycles. The Morgan fingerprint density at radius 2 is 1.29 bits per heavy atom. The predicted octanol–water partition coefficient (Wildman–Crippen LogP) is 9.49. The second-order valence-electron chi connectivity index (χ2n) is 10.2. The molecule has 2 fully saturated rings. The molecule has 2 aliphatic rings. The van der Waals surface area contributed by atoms with Crippen molar-refractivity contribution >= 4 is 11.6 Å². The molecule has 0 amide bonds. The van der Waals surface area contributed by atoms with Gasteiger partial charge in [-0.15, -0.1) is 0 Å². The van der Waals surface area contributed by atoms with Crippen molar-refractivity contribution in [1.29, 1.82) is 0 Å². The number of benzene rings is 2. The van der Waals surface area contributed by atoms with Crippen molar-refractivity contribution in [3.8, 4) is 11.1 Å². The largest absolute Gasteiger partial charge is 0.205 e. The van der Waals surface area contributed by atoms with E-state index < -0.39 is 0 Å². The first kappa shape index (κ1) is 22.8. The highest BCUT2D eigenvalue weighted by molar-refractivity contribution is 6.30. The Bertz CT molecular complexity index is 811. The zero-order valence-electron chi connectivity index (χ0n) is 19.1. The normalized spacial score (nSPS) is 26.7. The topological polar surface area (TPSA) is 0 Å². The average Bonchev–Trinajstić information content (AvgIpc) is 2.81. The molecule has 31 heavy (non-hydrogen) atoms. The lowest BCUT2D eigenvalue weighted by molar-refractivity contribution is 0.141. The van der Waals surface area contributed by atoms with E-state index in [0.29, 0.717) is 0 Å². The third-order valence-corrected chi connectivity index (χ3v) is 8.50. The molecule has 0 aromatic heterocycles. The molecule has 0 aliphatic heterocycles. The van der Waals surface area contributed by atoms with E-state index in [4.69, 9.17) is 11.6 Å². The molecule has 0 unspecified atom stereocenters. The monoisotopic (exact) mass is 440 g/mol. The summed E-state index contributed by atoms with van der Waals surface area (Å²) in [7, 11) is 0. The van der Waals surface area contributed by atoms with E-state index in [1.54, 1.807) is 6.07 Å². The summed E-state index contributed by atoms with van der Waals surface area (Å²) in [5.74, 6) is 3.62. The molecule has 0 nitrogen and oxygen atoms in total. The summed E-state index contributed by atoms with van der Waals surface area (Å²) < 4.78 is 13.7. The molecule has 0 N–H and O–H groups in total. The van der Waals surface area contributed by atoms with Gasteiger partial charge in [-0.3, -0.25) is 0 Å². The van der Waals surface area contributed by atoms with Crippen LogP contribution in [0.2, 0.25) is 5.02 Å². The Labute approximate surface area is 193 Å². The maximum atomic E-state index is 13.7. The molecule has 0 bridgehead atoms. The molecule has 2 heteroatoms. The number of hydrogen-bond donors (Lipinski definition) is 0. The van der Waals surface area contributed by atoms with Crippen LogP contribution in [0, 0.1) is 29.5 Å². The molecular weight excluding hydrogens is 403 g/mol. The molecule has 0 heterocycles. The minimum absolute atomic E-state index is 0.180. The number of rotatable bonds is 7. The first-order valence-corrected chi connectivity index (χ1v) is 13.0. The van der Waals surface area contributed by atoms with Crippen molar-refractivity contribution in [2.45, 2.75) is 84.0 Å². The first-order chi connectivity index (χ1) is 15.1. The Balaban J connectivity index is 1.21. The third kappa shape index (κ3) is 6.13. The van der Waals surface area contributed by atoms with Crippen LogP contribution in [0.5, 0.6) is 0 Å². The predicted molar refractivity (Wildman–Crippen MR) is 131 cm³/mol. The van der Waals surface area contributed by atoms with E-state index in [9.17, 15) is 4.39 Å². The van der Waals surface area contributed by atoms with Crippen LogP contribution in [0.25, 0.3) is 11.1 Å². The van der Waals surface area contributed by atoms with Crippen LogP contribution in [-0.2, 0) is 6.42 Å². The quantitative estimate of drug-likeness (QED) is 0.402. The van der Waals surface area contributed by atoms with E-state index in [1.807, 2.05) is 6.07 Å². The second kappa shape index (κ2) is 11.0. The van der Waals surface area contributed by atoms with Crippen LogP contribution in [0.4, 0.5) is 4.39 Å². The van der Waals surface area contributed by atoms with Crippen LogP contribution in [0.15, 0.2) is 42.5 Å². The van der Waals surface area contributed by atoms with Crippen molar-refractivity contribution in [1.82, 2.24) is 0 Å². The van der Waals surface area contributed by atoms with Crippen LogP contribution >= 0.6 is 11.6 Å². The van der Waals surface area contributed by atoms with Crippen LogP contribution in [0.1, 0.15) is 83.1 Å². The molecule has 0 atom stereocenters. The van der Waals surface area contributed by atoms with Gasteiger partial charge < -0.3 is 0 Å². The lowest BCUT2D eigenvalue weighted by atomic mass is 9.68. The van der Waals surface area contributed by atoms with E-state index in [-0.39, 0.29) is 10.8 Å². The van der Waals surface area contributed by atoms with Crippen molar-refractivity contribution in [2.75, 3.05) is 0 Å². The lowest BCUT2D eigenvalue weighted by Gasteiger charge is -2.38. The van der Waals surface area contributed by atoms with Gasteiger partial charge in [0.1, 0.15) is 5.82 Å². The van der Waals surface area contributed by atoms with Gasteiger partial charge in [-0.25, -0.2) is 4.39 Å². The number of halogens is 2. The fourth-order valence-corrected chi connectivity index (χ4v) is 6.33. The molecule has 2 aliphatic carbocycles. The summed E-state index contributed by atoms with van der Waals surface area (Å²) in [6.07, 6.45) is 17.1. The Morgan fingerprint density at radius 3 is 1.84 bits per heavy atom. The molecule has 2 aromatic carbocycles. The van der Waals surface area contributed by atoms with Crippen molar-refractivity contribution in [3.63, 3.8) is 0 Å². The van der Waals surface area contributed by atoms with Gasteiger partial charge in [0, 0.05) is 0 Å². The van der Waals surface area contributed by atoms with E-state index in [2.05, 4.69) is 31.2 Å². The van der Waals surface area contributed by atoms with Gasteiger partial charge in [0.25, 0.3) is 0 Å². The summed E-state index contributed by atoms with van der Waals surface area (Å²) in [5.41, 5.74) is 3.33. The smallest absolute Gasteiger partial charge is 0.142 e. The summed E-state index contributed by atoms with van der Waals surface area (Å²) in [6, 6.07) is 13.7. The SMILES string of the molecule is CCC[C@H]1CC[C@H](C2CCC(CCc3ccc(-c4ccc(Cl)c(F)c4)cc3)CC2)CC1. The fraction of sp³-hybridized carbons (Fsp3) is 0.586. The summed E-state index contributed by atoms with van der Waals surface area (Å²) >= 11 is 5.80. The molecule has 0 radical (unpaired) electrons. The highest BCUT2D eigenvalue weighted by Crippen LogP contribution is 2.43. The minimum Gasteiger partial charge on any atom is -0.205 e. The Hall–Kier alpha value is -1.34. The van der Waals surface area contributed by atoms with Gasteiger partial charge in [0.15, 0.2) is 0 Å². The van der Waals surface area contributed by atoms with Gasteiger partial charge in [-0.2, -0.15) is 0 Å². The van der Waals surface area contributed by atoms with Crippen LogP contribution in [-0.4, -0.2) is 0 Å². The van der Waals surface area contributed by atoms with E-state index in [1.165, 1.54) is 82.3 Å². The van der Waals surface area contributed by atoms with Crippen molar-refractivity contribution in [2.24, 2.45) is 23.7 Å². The molecule has 0 saturated heterocycles. The summed E-state index contributed by atoms with van der Waals surface area (Å²) in [6.45, 7) is 2.34.